The molecule has 0 aliphatic carbocycles. The third-order valence-electron chi connectivity index (χ3n) is 4.99. The topological polar surface area (TPSA) is 70.5 Å². The number of nitrogens with zero attached hydrogens (tertiary/aromatic N) is 2. The zero-order chi connectivity index (χ0) is 17.6. The van der Waals surface area contributed by atoms with Crippen molar-refractivity contribution in [3.05, 3.63) is 42.1 Å². The summed E-state index contributed by atoms with van der Waals surface area (Å²) in [6.45, 7) is 0.750. The van der Waals surface area contributed by atoms with Gasteiger partial charge < -0.3 is 10.0 Å². The SMILES string of the molecule is O=C(O)CCC1CCCCN1C(=O)CCc1ccnc2ccccc12. The molecule has 1 saturated heterocycles. The molecule has 3 rings (SSSR count). The van der Waals surface area contributed by atoms with Crippen molar-refractivity contribution in [1.82, 2.24) is 9.88 Å². The van der Waals surface area contributed by atoms with E-state index >= 15 is 0 Å². The maximum absolute atomic E-state index is 12.7. The molecular weight excluding hydrogens is 316 g/mol. The van der Waals surface area contributed by atoms with E-state index in [2.05, 4.69) is 4.98 Å². The summed E-state index contributed by atoms with van der Waals surface area (Å²) in [4.78, 5) is 29.8. The minimum absolute atomic E-state index is 0.0755. The van der Waals surface area contributed by atoms with Crippen LogP contribution in [0.15, 0.2) is 36.5 Å². The number of para-hydroxylation sites is 1. The van der Waals surface area contributed by atoms with Crippen LogP contribution in [0.4, 0.5) is 0 Å². The van der Waals surface area contributed by atoms with Gasteiger partial charge in [-0.1, -0.05) is 18.2 Å². The lowest BCUT2D eigenvalue weighted by Gasteiger charge is -2.36. The minimum Gasteiger partial charge on any atom is -0.481 e. The molecule has 0 saturated carbocycles. The predicted octanol–water partition coefficient (Wildman–Crippen LogP) is 3.41. The molecule has 2 heterocycles. The lowest BCUT2D eigenvalue weighted by atomic mass is 9.96. The predicted molar refractivity (Wildman–Crippen MR) is 96.3 cm³/mol. The number of pyridine rings is 1. The van der Waals surface area contributed by atoms with E-state index in [1.165, 1.54) is 0 Å². The highest BCUT2D eigenvalue weighted by atomic mass is 16.4. The van der Waals surface area contributed by atoms with Crippen LogP contribution < -0.4 is 0 Å². The van der Waals surface area contributed by atoms with Crippen molar-refractivity contribution in [3.8, 4) is 0 Å². The molecule has 1 aromatic heterocycles. The highest BCUT2D eigenvalue weighted by Gasteiger charge is 2.26. The van der Waals surface area contributed by atoms with E-state index in [1.807, 2.05) is 35.2 Å². The van der Waals surface area contributed by atoms with E-state index in [4.69, 9.17) is 5.11 Å². The third kappa shape index (κ3) is 4.35. The van der Waals surface area contributed by atoms with Gasteiger partial charge in [0.15, 0.2) is 0 Å². The van der Waals surface area contributed by atoms with Crippen LogP contribution in [0.2, 0.25) is 0 Å². The number of piperidine rings is 1. The van der Waals surface area contributed by atoms with Gasteiger partial charge >= 0.3 is 5.97 Å². The largest absolute Gasteiger partial charge is 0.481 e. The number of carboxylic acids is 1. The van der Waals surface area contributed by atoms with E-state index < -0.39 is 5.97 Å². The van der Waals surface area contributed by atoms with Gasteiger partial charge in [0.05, 0.1) is 5.52 Å². The Balaban J connectivity index is 1.65. The van der Waals surface area contributed by atoms with E-state index in [0.717, 1.165) is 42.3 Å². The first kappa shape index (κ1) is 17.4. The molecule has 0 radical (unpaired) electrons. The van der Waals surface area contributed by atoms with E-state index in [-0.39, 0.29) is 18.4 Å². The van der Waals surface area contributed by atoms with Gasteiger partial charge in [0.25, 0.3) is 0 Å². The molecule has 25 heavy (non-hydrogen) atoms. The van der Waals surface area contributed by atoms with Crippen LogP contribution in [0.1, 0.15) is 44.1 Å². The lowest BCUT2D eigenvalue weighted by Crippen LogP contribution is -2.44. The summed E-state index contributed by atoms with van der Waals surface area (Å²) in [5.74, 6) is -0.655. The quantitative estimate of drug-likeness (QED) is 0.875. The summed E-state index contributed by atoms with van der Waals surface area (Å²) >= 11 is 0. The number of carbonyl (C=O) groups excluding carboxylic acids is 1. The van der Waals surface area contributed by atoms with Crippen molar-refractivity contribution < 1.29 is 14.7 Å². The number of amides is 1. The summed E-state index contributed by atoms with van der Waals surface area (Å²) < 4.78 is 0. The van der Waals surface area contributed by atoms with Gasteiger partial charge in [-0.15, -0.1) is 0 Å². The number of rotatable bonds is 6. The smallest absolute Gasteiger partial charge is 0.303 e. The van der Waals surface area contributed by atoms with Crippen LogP contribution in [0.3, 0.4) is 0 Å². The molecule has 5 nitrogen and oxygen atoms in total. The number of aromatic nitrogens is 1. The number of carbonyl (C=O) groups is 2. The van der Waals surface area contributed by atoms with Crippen LogP contribution in [0.5, 0.6) is 0 Å². The molecule has 1 unspecified atom stereocenters. The number of hydrogen-bond donors (Lipinski definition) is 1. The normalized spacial score (nSPS) is 17.6. The van der Waals surface area contributed by atoms with Gasteiger partial charge in [0.2, 0.25) is 5.91 Å². The number of hydrogen-bond acceptors (Lipinski definition) is 3. The number of aryl methyl sites for hydroxylation is 1. The molecule has 5 heteroatoms. The van der Waals surface area contributed by atoms with Crippen molar-refractivity contribution in [2.24, 2.45) is 0 Å². The van der Waals surface area contributed by atoms with Crippen LogP contribution in [0.25, 0.3) is 10.9 Å². The zero-order valence-electron chi connectivity index (χ0n) is 14.4. The molecule has 1 fully saturated rings. The Morgan fingerprint density at radius 2 is 2.00 bits per heavy atom. The summed E-state index contributed by atoms with van der Waals surface area (Å²) in [6.07, 6.45) is 6.61. The monoisotopic (exact) mass is 340 g/mol. The van der Waals surface area contributed by atoms with Crippen LogP contribution in [0, 0.1) is 0 Å². The number of benzene rings is 1. The maximum Gasteiger partial charge on any atom is 0.303 e. The van der Waals surface area contributed by atoms with E-state index in [0.29, 0.717) is 19.3 Å². The van der Waals surface area contributed by atoms with Gasteiger partial charge in [0, 0.05) is 37.0 Å². The Morgan fingerprint density at radius 1 is 1.16 bits per heavy atom. The van der Waals surface area contributed by atoms with Crippen molar-refractivity contribution in [2.45, 2.75) is 51.0 Å². The van der Waals surface area contributed by atoms with Gasteiger partial charge in [-0.3, -0.25) is 14.6 Å². The van der Waals surface area contributed by atoms with Crippen molar-refractivity contribution in [3.63, 3.8) is 0 Å². The van der Waals surface area contributed by atoms with Crippen LogP contribution >= 0.6 is 0 Å². The second-order valence-corrected chi connectivity index (χ2v) is 6.66. The second-order valence-electron chi connectivity index (χ2n) is 6.66. The molecule has 1 aliphatic heterocycles. The fraction of sp³-hybridized carbons (Fsp3) is 0.450. The Labute approximate surface area is 147 Å². The Hall–Kier alpha value is -2.43. The molecule has 1 aliphatic rings. The zero-order valence-corrected chi connectivity index (χ0v) is 14.4. The van der Waals surface area contributed by atoms with E-state index in [1.54, 1.807) is 6.20 Å². The first-order valence-corrected chi connectivity index (χ1v) is 8.99. The van der Waals surface area contributed by atoms with Gasteiger partial charge in [-0.2, -0.15) is 0 Å². The summed E-state index contributed by atoms with van der Waals surface area (Å²) in [5.41, 5.74) is 2.09. The van der Waals surface area contributed by atoms with Gasteiger partial charge in [-0.25, -0.2) is 0 Å². The summed E-state index contributed by atoms with van der Waals surface area (Å²) in [6, 6.07) is 10.0. The summed E-state index contributed by atoms with van der Waals surface area (Å²) in [5, 5.41) is 10.0. The first-order chi connectivity index (χ1) is 12.1. The van der Waals surface area contributed by atoms with Gasteiger partial charge in [0.1, 0.15) is 0 Å². The Morgan fingerprint density at radius 3 is 2.84 bits per heavy atom. The molecule has 132 valence electrons. The van der Waals surface area contributed by atoms with Crippen LogP contribution in [-0.2, 0) is 16.0 Å². The number of carboxylic acid groups (broad SMARTS) is 1. The molecule has 2 aromatic rings. The molecule has 0 spiro atoms. The average Bonchev–Trinajstić information content (AvgIpc) is 2.64. The second kappa shape index (κ2) is 8.10. The fourth-order valence-corrected chi connectivity index (χ4v) is 3.68. The van der Waals surface area contributed by atoms with Crippen molar-refractivity contribution >= 4 is 22.8 Å². The van der Waals surface area contributed by atoms with Crippen molar-refractivity contribution in [2.75, 3.05) is 6.54 Å². The number of fused-ring (bicyclic) bond motifs is 1. The number of aliphatic carboxylic acids is 1. The lowest BCUT2D eigenvalue weighted by molar-refractivity contribution is -0.140. The first-order valence-electron chi connectivity index (χ1n) is 8.99. The van der Waals surface area contributed by atoms with Gasteiger partial charge in [-0.05, 0) is 49.8 Å². The standard InChI is InChI=1S/C20H24N2O3/c23-19(22-14-4-3-5-16(22)9-11-20(24)25)10-8-15-12-13-21-18-7-2-1-6-17(15)18/h1-2,6-7,12-13,16H,3-5,8-11,14H2,(H,24,25). The molecule has 1 atom stereocenters. The Kier molecular flexibility index (Phi) is 5.64. The Bertz CT molecular complexity index is 754. The third-order valence-corrected chi connectivity index (χ3v) is 4.99. The maximum atomic E-state index is 12.7. The molecule has 1 aromatic carbocycles. The van der Waals surface area contributed by atoms with E-state index in [9.17, 15) is 9.59 Å². The number of likely N-dealkylation sites (tertiary alicyclic amines) is 1. The fourth-order valence-electron chi connectivity index (χ4n) is 3.68. The molecule has 0 bridgehead atoms. The highest BCUT2D eigenvalue weighted by molar-refractivity contribution is 5.83. The highest BCUT2D eigenvalue weighted by Crippen LogP contribution is 2.23. The van der Waals surface area contributed by atoms with Crippen LogP contribution in [-0.4, -0.2) is 39.5 Å². The minimum atomic E-state index is -0.791. The molecule has 1 N–H and O–H groups in total. The average molecular weight is 340 g/mol. The molecule has 1 amide bonds. The molecular formula is C20H24N2O3. The van der Waals surface area contributed by atoms with Crippen molar-refractivity contribution in [1.29, 1.82) is 0 Å². The summed E-state index contributed by atoms with van der Waals surface area (Å²) in [7, 11) is 0.